The van der Waals surface area contributed by atoms with Gasteiger partial charge in [-0.1, -0.05) is 12.1 Å². The molecule has 23 heavy (non-hydrogen) atoms. The van der Waals surface area contributed by atoms with E-state index in [1.54, 1.807) is 6.07 Å². The molecule has 3 N–H and O–H groups in total. The predicted molar refractivity (Wildman–Crippen MR) is 82.7 cm³/mol. The van der Waals surface area contributed by atoms with Crippen LogP contribution in [0.3, 0.4) is 0 Å². The van der Waals surface area contributed by atoms with E-state index in [0.717, 1.165) is 43.9 Å². The molecule has 0 aliphatic carbocycles. The first-order valence-corrected chi connectivity index (χ1v) is 8.00. The zero-order chi connectivity index (χ0) is 16.4. The van der Waals surface area contributed by atoms with Gasteiger partial charge in [-0.3, -0.25) is 14.8 Å². The van der Waals surface area contributed by atoms with E-state index in [4.69, 9.17) is 10.3 Å². The van der Waals surface area contributed by atoms with Gasteiger partial charge < -0.3 is 10.3 Å². The second kappa shape index (κ2) is 6.49. The Morgan fingerprint density at radius 3 is 3.09 bits per heavy atom. The first-order valence-electron chi connectivity index (χ1n) is 8.00. The summed E-state index contributed by atoms with van der Waals surface area (Å²) in [4.78, 5) is 17.9. The van der Waals surface area contributed by atoms with Gasteiger partial charge in [0.2, 0.25) is 5.89 Å². The number of carbonyl (C=O) groups is 1. The highest BCUT2D eigenvalue weighted by Gasteiger charge is 2.29. The van der Waals surface area contributed by atoms with Crippen molar-refractivity contribution in [1.82, 2.24) is 25.2 Å². The highest BCUT2D eigenvalue weighted by atomic mass is 16.5. The maximum atomic E-state index is 11.2. The summed E-state index contributed by atoms with van der Waals surface area (Å²) in [7, 11) is 0. The molecule has 0 bridgehead atoms. The van der Waals surface area contributed by atoms with Crippen molar-refractivity contribution in [3.8, 4) is 0 Å². The lowest BCUT2D eigenvalue weighted by molar-refractivity contribution is 0.0995. The number of aryl methyl sites for hydroxylation is 1. The lowest BCUT2D eigenvalue weighted by atomic mass is 9.93. The minimum atomic E-state index is -0.508. The summed E-state index contributed by atoms with van der Waals surface area (Å²) in [5, 5.41) is 10.9. The highest BCUT2D eigenvalue weighted by Crippen LogP contribution is 2.30. The lowest BCUT2D eigenvalue weighted by Crippen LogP contribution is -2.36. The third-order valence-corrected chi connectivity index (χ3v) is 4.45. The molecule has 1 saturated heterocycles. The van der Waals surface area contributed by atoms with Crippen LogP contribution in [0.25, 0.3) is 0 Å². The van der Waals surface area contributed by atoms with Crippen molar-refractivity contribution in [2.75, 3.05) is 13.1 Å². The van der Waals surface area contributed by atoms with Gasteiger partial charge in [-0.2, -0.15) is 10.1 Å². The number of rotatable bonds is 5. The zero-order valence-electron chi connectivity index (χ0n) is 13.5. The van der Waals surface area contributed by atoms with Crippen LogP contribution in [0.1, 0.15) is 66.5 Å². The largest absolute Gasteiger partial charge is 0.364 e. The summed E-state index contributed by atoms with van der Waals surface area (Å²) in [6.45, 7) is 5.92. The van der Waals surface area contributed by atoms with E-state index < -0.39 is 5.91 Å². The van der Waals surface area contributed by atoms with Crippen molar-refractivity contribution in [3.63, 3.8) is 0 Å². The Morgan fingerprint density at radius 2 is 2.43 bits per heavy atom. The first-order chi connectivity index (χ1) is 11.1. The Hall–Kier alpha value is -2.22. The minimum absolute atomic E-state index is 0.0733. The number of aromatic nitrogens is 4. The van der Waals surface area contributed by atoms with E-state index >= 15 is 0 Å². The fraction of sp³-hybridized carbons (Fsp3) is 0.600. The maximum Gasteiger partial charge on any atom is 0.269 e. The van der Waals surface area contributed by atoms with E-state index in [-0.39, 0.29) is 11.7 Å². The third-order valence-electron chi connectivity index (χ3n) is 4.45. The third kappa shape index (κ3) is 3.26. The number of amides is 1. The standard InChI is InChI=1S/C15H22N6O2/c1-3-13-17-15(23-20-13)9(2)21-6-4-5-10(8-21)11-7-12(14(16)22)19-18-11/h7,9-10H,3-6,8H2,1-2H3,(H2,16,22)(H,18,19)/t9-,10+/m1/s1. The van der Waals surface area contributed by atoms with Crippen LogP contribution in [0, 0.1) is 0 Å². The maximum absolute atomic E-state index is 11.2. The average molecular weight is 318 g/mol. The molecule has 2 aromatic heterocycles. The molecule has 124 valence electrons. The van der Waals surface area contributed by atoms with E-state index in [2.05, 4.69) is 32.2 Å². The number of hydrogen-bond acceptors (Lipinski definition) is 6. The van der Waals surface area contributed by atoms with Crippen LogP contribution >= 0.6 is 0 Å². The number of nitrogens with two attached hydrogens (primary N) is 1. The molecule has 0 unspecified atom stereocenters. The van der Waals surface area contributed by atoms with Crippen LogP contribution in [-0.2, 0) is 6.42 Å². The first kappa shape index (κ1) is 15.7. The molecule has 2 aromatic rings. The highest BCUT2D eigenvalue weighted by molar-refractivity contribution is 5.90. The molecule has 8 nitrogen and oxygen atoms in total. The van der Waals surface area contributed by atoms with E-state index in [1.165, 1.54) is 0 Å². The molecule has 2 atom stereocenters. The summed E-state index contributed by atoms with van der Waals surface area (Å²) >= 11 is 0. The van der Waals surface area contributed by atoms with Crippen LogP contribution in [0.2, 0.25) is 0 Å². The summed E-state index contributed by atoms with van der Waals surface area (Å²) in [5.74, 6) is 1.18. The van der Waals surface area contributed by atoms with Crippen molar-refractivity contribution in [2.45, 2.75) is 45.1 Å². The Balaban J connectivity index is 1.70. The molecular formula is C15H22N6O2. The number of hydrogen-bond donors (Lipinski definition) is 2. The molecule has 0 spiro atoms. The smallest absolute Gasteiger partial charge is 0.269 e. The lowest BCUT2D eigenvalue weighted by Gasteiger charge is -2.34. The van der Waals surface area contributed by atoms with Crippen molar-refractivity contribution in [2.24, 2.45) is 5.73 Å². The van der Waals surface area contributed by atoms with Crippen molar-refractivity contribution in [3.05, 3.63) is 29.2 Å². The quantitative estimate of drug-likeness (QED) is 0.861. The molecule has 1 aliphatic rings. The van der Waals surface area contributed by atoms with Gasteiger partial charge in [0, 0.05) is 24.6 Å². The number of nitrogens with zero attached hydrogens (tertiary/aromatic N) is 4. The van der Waals surface area contributed by atoms with Crippen LogP contribution < -0.4 is 5.73 Å². The predicted octanol–water partition coefficient (Wildman–Crippen LogP) is 1.39. The van der Waals surface area contributed by atoms with Crippen LogP contribution in [0.5, 0.6) is 0 Å². The Labute approximate surface area is 134 Å². The van der Waals surface area contributed by atoms with Gasteiger partial charge in [0.05, 0.1) is 6.04 Å². The molecule has 3 rings (SSSR count). The van der Waals surface area contributed by atoms with Gasteiger partial charge in [0.1, 0.15) is 5.69 Å². The van der Waals surface area contributed by atoms with E-state index in [0.29, 0.717) is 11.8 Å². The van der Waals surface area contributed by atoms with E-state index in [1.807, 2.05) is 6.92 Å². The topological polar surface area (TPSA) is 114 Å². The molecular weight excluding hydrogens is 296 g/mol. The molecule has 1 aliphatic heterocycles. The summed E-state index contributed by atoms with van der Waals surface area (Å²) in [6, 6.07) is 1.83. The second-order valence-corrected chi connectivity index (χ2v) is 5.99. The molecule has 3 heterocycles. The number of piperidine rings is 1. The molecule has 0 saturated carbocycles. The second-order valence-electron chi connectivity index (χ2n) is 5.99. The van der Waals surface area contributed by atoms with Crippen molar-refractivity contribution >= 4 is 5.91 Å². The average Bonchev–Trinajstić information content (AvgIpc) is 3.23. The molecule has 8 heteroatoms. The van der Waals surface area contributed by atoms with Crippen molar-refractivity contribution in [1.29, 1.82) is 0 Å². The number of aromatic amines is 1. The fourth-order valence-corrected chi connectivity index (χ4v) is 3.02. The molecule has 1 fully saturated rings. The number of primary amides is 1. The monoisotopic (exact) mass is 318 g/mol. The Bertz CT molecular complexity index is 679. The van der Waals surface area contributed by atoms with Gasteiger partial charge in [0.15, 0.2) is 5.82 Å². The van der Waals surface area contributed by atoms with E-state index in [9.17, 15) is 4.79 Å². The van der Waals surface area contributed by atoms with Gasteiger partial charge >= 0.3 is 0 Å². The van der Waals surface area contributed by atoms with Gasteiger partial charge in [-0.15, -0.1) is 0 Å². The molecule has 1 amide bonds. The number of H-pyrrole nitrogens is 1. The number of nitrogens with one attached hydrogen (secondary N) is 1. The summed E-state index contributed by atoms with van der Waals surface area (Å²) in [5.41, 5.74) is 6.51. The van der Waals surface area contributed by atoms with Gasteiger partial charge in [-0.05, 0) is 32.4 Å². The van der Waals surface area contributed by atoms with Crippen LogP contribution in [0.4, 0.5) is 0 Å². The van der Waals surface area contributed by atoms with Crippen molar-refractivity contribution < 1.29 is 9.32 Å². The van der Waals surface area contributed by atoms with Crippen LogP contribution in [-0.4, -0.2) is 44.2 Å². The normalized spacial score (nSPS) is 20.5. The fourth-order valence-electron chi connectivity index (χ4n) is 3.02. The summed E-state index contributed by atoms with van der Waals surface area (Å²) in [6.07, 6.45) is 2.88. The summed E-state index contributed by atoms with van der Waals surface area (Å²) < 4.78 is 5.36. The Morgan fingerprint density at radius 1 is 1.61 bits per heavy atom. The zero-order valence-corrected chi connectivity index (χ0v) is 13.5. The number of carbonyl (C=O) groups excluding carboxylic acids is 1. The Kier molecular flexibility index (Phi) is 4.42. The SMILES string of the molecule is CCc1noc([C@@H](C)N2CCC[C@H](c3cc(C(N)=O)n[nH]3)C2)n1. The molecule has 0 aromatic carbocycles. The van der Waals surface area contributed by atoms with Gasteiger partial charge in [0.25, 0.3) is 5.91 Å². The minimum Gasteiger partial charge on any atom is -0.364 e. The molecule has 0 radical (unpaired) electrons. The van der Waals surface area contributed by atoms with Gasteiger partial charge in [-0.25, -0.2) is 0 Å². The van der Waals surface area contributed by atoms with Crippen LogP contribution in [0.15, 0.2) is 10.6 Å². The number of likely N-dealkylation sites (tertiary alicyclic amines) is 1.